The molecule has 1 saturated carbocycles. The van der Waals surface area contributed by atoms with Gasteiger partial charge in [-0.2, -0.15) is 13.2 Å². The number of alkyl halides is 3. The highest BCUT2D eigenvalue weighted by Crippen LogP contribution is 2.37. The summed E-state index contributed by atoms with van der Waals surface area (Å²) in [6.07, 6.45) is 12.2. The smallest absolute Gasteiger partial charge is 0.171 e. The lowest BCUT2D eigenvalue weighted by Gasteiger charge is -2.29. The molecule has 0 unspecified atom stereocenters. The van der Waals surface area contributed by atoms with Crippen molar-refractivity contribution < 1.29 is 13.2 Å². The molecule has 0 nitrogen and oxygen atoms in total. The van der Waals surface area contributed by atoms with E-state index in [9.17, 15) is 13.2 Å². The van der Waals surface area contributed by atoms with E-state index in [1.165, 1.54) is 69.8 Å². The van der Waals surface area contributed by atoms with Gasteiger partial charge < -0.3 is 0 Å². The van der Waals surface area contributed by atoms with Gasteiger partial charge in [-0.1, -0.05) is 81.9 Å². The number of allylic oxidation sites excluding steroid dienone is 1. The first-order chi connectivity index (χ1) is 13.0. The molecule has 0 heterocycles. The Morgan fingerprint density at radius 3 is 2.22 bits per heavy atom. The third-order valence-corrected chi connectivity index (χ3v) is 5.88. The van der Waals surface area contributed by atoms with Crippen molar-refractivity contribution in [1.29, 1.82) is 0 Å². The zero-order valence-electron chi connectivity index (χ0n) is 16.7. The fourth-order valence-corrected chi connectivity index (χ4v) is 4.17. The first-order valence-electron chi connectivity index (χ1n) is 10.8. The minimum atomic E-state index is -4.07. The molecule has 1 fully saturated rings. The van der Waals surface area contributed by atoms with E-state index in [0.29, 0.717) is 5.92 Å². The van der Waals surface area contributed by atoms with Crippen molar-refractivity contribution in [3.8, 4) is 0 Å². The fraction of sp³-hybridized carbons (Fsp3) is 0.667. The first-order valence-corrected chi connectivity index (χ1v) is 10.8. The molecule has 0 bridgehead atoms. The van der Waals surface area contributed by atoms with Gasteiger partial charge in [0.25, 0.3) is 0 Å². The summed E-state index contributed by atoms with van der Waals surface area (Å²) in [6, 6.07) is 8.41. The molecule has 0 aliphatic heterocycles. The molecule has 1 aromatic carbocycles. The third kappa shape index (κ3) is 8.99. The minimum Gasteiger partial charge on any atom is -0.171 e. The van der Waals surface area contributed by atoms with Gasteiger partial charge in [0.05, 0.1) is 0 Å². The van der Waals surface area contributed by atoms with Gasteiger partial charge in [-0.15, -0.1) is 0 Å². The van der Waals surface area contributed by atoms with Crippen molar-refractivity contribution in [2.75, 3.05) is 0 Å². The Hall–Kier alpha value is -1.25. The fourth-order valence-electron chi connectivity index (χ4n) is 4.17. The summed E-state index contributed by atoms with van der Waals surface area (Å²) in [4.78, 5) is 0. The van der Waals surface area contributed by atoms with Gasteiger partial charge in [-0.25, -0.2) is 0 Å². The maximum Gasteiger partial charge on any atom is 0.389 e. The summed E-state index contributed by atoms with van der Waals surface area (Å²) in [7, 11) is 0. The Kier molecular flexibility index (Phi) is 9.44. The van der Waals surface area contributed by atoms with Crippen molar-refractivity contribution >= 4 is 6.08 Å². The first kappa shape index (κ1) is 22.0. The van der Waals surface area contributed by atoms with Crippen LogP contribution in [-0.2, 0) is 0 Å². The van der Waals surface area contributed by atoms with Crippen molar-refractivity contribution in [1.82, 2.24) is 0 Å². The van der Waals surface area contributed by atoms with Crippen LogP contribution >= 0.6 is 0 Å². The van der Waals surface area contributed by atoms with E-state index in [2.05, 4.69) is 19.1 Å². The molecule has 1 aliphatic carbocycles. The largest absolute Gasteiger partial charge is 0.389 e. The summed E-state index contributed by atoms with van der Waals surface area (Å²) in [5.74, 6) is 1.57. The van der Waals surface area contributed by atoms with Gasteiger partial charge in [0.2, 0.25) is 0 Å². The number of hydrogen-bond donors (Lipinski definition) is 0. The molecule has 1 aromatic rings. The van der Waals surface area contributed by atoms with Crippen LogP contribution in [0.2, 0.25) is 0 Å². The Bertz CT molecular complexity index is 534. The van der Waals surface area contributed by atoms with Crippen molar-refractivity contribution in [2.45, 2.75) is 96.1 Å². The summed E-state index contributed by atoms with van der Waals surface area (Å²) >= 11 is 0. The lowest BCUT2D eigenvalue weighted by Crippen LogP contribution is -2.13. The van der Waals surface area contributed by atoms with E-state index in [0.717, 1.165) is 11.5 Å². The molecule has 0 atom stereocenters. The highest BCUT2D eigenvalue weighted by Gasteiger charge is 2.25. The average molecular weight is 381 g/mol. The number of benzene rings is 1. The van der Waals surface area contributed by atoms with Crippen LogP contribution < -0.4 is 0 Å². The molecular formula is C24H35F3. The summed E-state index contributed by atoms with van der Waals surface area (Å²) in [5.41, 5.74) is 2.38. The SMILES string of the molecule is CCCCCCCC1CCC(c2ccc(C=CCCC(F)(F)F)cc2)CC1. The summed E-state index contributed by atoms with van der Waals surface area (Å²) in [5, 5.41) is 0. The van der Waals surface area contributed by atoms with Gasteiger partial charge >= 0.3 is 6.18 Å². The molecule has 2 rings (SSSR count). The highest BCUT2D eigenvalue weighted by atomic mass is 19.4. The second-order valence-corrected chi connectivity index (χ2v) is 8.14. The number of unbranched alkanes of at least 4 members (excludes halogenated alkanes) is 4. The summed E-state index contributed by atoms with van der Waals surface area (Å²) < 4.78 is 36.5. The molecular weight excluding hydrogens is 345 g/mol. The predicted octanol–water partition coefficient (Wildman–Crippen LogP) is 8.68. The van der Waals surface area contributed by atoms with Crippen molar-refractivity contribution in [2.24, 2.45) is 5.92 Å². The standard InChI is InChI=1S/C24H35F3/c1-2-3-4-5-6-9-20-11-15-22(16-12-20)23-17-13-21(14-18-23)10-7-8-19-24(25,26)27/h7,10,13-14,17-18,20,22H,2-6,8-9,11-12,15-16,19H2,1H3. The Morgan fingerprint density at radius 2 is 1.59 bits per heavy atom. The zero-order chi connectivity index (χ0) is 19.5. The van der Waals surface area contributed by atoms with Crippen molar-refractivity contribution in [3.05, 3.63) is 41.5 Å². The molecule has 0 spiro atoms. The third-order valence-electron chi connectivity index (χ3n) is 5.88. The summed E-state index contributed by atoms with van der Waals surface area (Å²) in [6.45, 7) is 2.26. The van der Waals surface area contributed by atoms with Crippen LogP contribution in [0.4, 0.5) is 13.2 Å². The molecule has 1 aliphatic rings. The lowest BCUT2D eigenvalue weighted by molar-refractivity contribution is -0.133. The van der Waals surface area contributed by atoms with Crippen LogP contribution in [0, 0.1) is 5.92 Å². The minimum absolute atomic E-state index is 0.0493. The van der Waals surface area contributed by atoms with Gasteiger partial charge in [0.15, 0.2) is 0 Å². The van der Waals surface area contributed by atoms with Crippen LogP contribution in [0.15, 0.2) is 30.3 Å². The Labute approximate surface area is 163 Å². The molecule has 0 radical (unpaired) electrons. The van der Waals surface area contributed by atoms with Crippen LogP contribution in [-0.4, -0.2) is 6.18 Å². The molecule has 152 valence electrons. The number of hydrogen-bond acceptors (Lipinski definition) is 0. The second-order valence-electron chi connectivity index (χ2n) is 8.14. The van der Waals surface area contributed by atoms with Gasteiger partial charge in [0, 0.05) is 6.42 Å². The van der Waals surface area contributed by atoms with Crippen LogP contribution in [0.1, 0.15) is 101 Å². The lowest BCUT2D eigenvalue weighted by atomic mass is 9.77. The quantitative estimate of drug-likeness (QED) is 0.356. The average Bonchev–Trinajstić information content (AvgIpc) is 2.65. The molecule has 0 N–H and O–H groups in total. The van der Waals surface area contributed by atoms with E-state index in [-0.39, 0.29) is 6.42 Å². The molecule has 27 heavy (non-hydrogen) atoms. The molecule has 0 aromatic heterocycles. The number of halogens is 3. The van der Waals surface area contributed by atoms with Gasteiger partial charge in [0.1, 0.15) is 0 Å². The van der Waals surface area contributed by atoms with E-state index in [1.54, 1.807) is 12.2 Å². The normalized spacial score (nSPS) is 21.0. The molecule has 0 amide bonds. The molecule has 3 heteroatoms. The van der Waals surface area contributed by atoms with E-state index >= 15 is 0 Å². The van der Waals surface area contributed by atoms with Gasteiger partial charge in [-0.3, -0.25) is 0 Å². The maximum atomic E-state index is 12.2. The number of rotatable bonds is 10. The van der Waals surface area contributed by atoms with Crippen LogP contribution in [0.5, 0.6) is 0 Å². The zero-order valence-corrected chi connectivity index (χ0v) is 16.7. The predicted molar refractivity (Wildman–Crippen MR) is 109 cm³/mol. The monoisotopic (exact) mass is 380 g/mol. The van der Waals surface area contributed by atoms with E-state index in [1.807, 2.05) is 12.1 Å². The topological polar surface area (TPSA) is 0 Å². The highest BCUT2D eigenvalue weighted by molar-refractivity contribution is 5.49. The second kappa shape index (κ2) is 11.6. The van der Waals surface area contributed by atoms with E-state index < -0.39 is 12.6 Å². The van der Waals surface area contributed by atoms with E-state index in [4.69, 9.17) is 0 Å². The molecule has 0 saturated heterocycles. The van der Waals surface area contributed by atoms with Gasteiger partial charge in [-0.05, 0) is 55.1 Å². The Balaban J connectivity index is 1.69. The van der Waals surface area contributed by atoms with Crippen LogP contribution in [0.3, 0.4) is 0 Å². The Morgan fingerprint density at radius 1 is 0.926 bits per heavy atom. The maximum absolute atomic E-state index is 12.2. The van der Waals surface area contributed by atoms with Crippen molar-refractivity contribution in [3.63, 3.8) is 0 Å². The van der Waals surface area contributed by atoms with Crippen LogP contribution in [0.25, 0.3) is 6.08 Å².